The molecular weight excluding hydrogens is 567 g/mol. The van der Waals surface area contributed by atoms with Gasteiger partial charge in [0.15, 0.2) is 0 Å². The van der Waals surface area contributed by atoms with Gasteiger partial charge in [-0.3, -0.25) is 4.57 Å². The van der Waals surface area contributed by atoms with E-state index in [9.17, 15) is 0 Å². The zero-order valence-corrected chi connectivity index (χ0v) is 25.0. The zero-order chi connectivity index (χ0) is 29.5. The molecule has 0 amide bonds. The molecular formula is C41H25N3S. The number of rotatable bonds is 3. The smallest absolute Gasteiger partial charge is 0.146 e. The Morgan fingerprint density at radius 1 is 0.400 bits per heavy atom. The Morgan fingerprint density at radius 3 is 1.67 bits per heavy atom. The molecule has 0 radical (unpaired) electrons. The third-order valence-corrected chi connectivity index (χ3v) is 10.3. The van der Waals surface area contributed by atoms with Crippen LogP contribution in [0.4, 0.5) is 0 Å². The molecule has 0 aliphatic rings. The maximum atomic E-state index is 5.34. The molecule has 10 aromatic rings. The molecule has 6 aromatic carbocycles. The molecule has 0 bridgehead atoms. The summed E-state index contributed by atoms with van der Waals surface area (Å²) in [6.45, 7) is 0. The molecule has 0 saturated carbocycles. The summed E-state index contributed by atoms with van der Waals surface area (Å²) in [6, 6.07) is 54.6. The van der Waals surface area contributed by atoms with Crippen molar-refractivity contribution in [1.29, 1.82) is 0 Å². The normalized spacial score (nSPS) is 12.0. The van der Waals surface area contributed by atoms with E-state index in [1.165, 1.54) is 47.4 Å². The van der Waals surface area contributed by atoms with E-state index in [0.29, 0.717) is 0 Å². The molecule has 0 aliphatic heterocycles. The molecule has 3 nitrogen and oxygen atoms in total. The van der Waals surface area contributed by atoms with Crippen LogP contribution in [0.2, 0.25) is 0 Å². The van der Waals surface area contributed by atoms with E-state index >= 15 is 0 Å². The molecule has 0 spiro atoms. The molecule has 0 aliphatic carbocycles. The van der Waals surface area contributed by atoms with Crippen molar-refractivity contribution in [3.63, 3.8) is 0 Å². The summed E-state index contributed by atoms with van der Waals surface area (Å²) < 4.78 is 7.30. The van der Waals surface area contributed by atoms with E-state index < -0.39 is 0 Å². The number of hydrogen-bond donors (Lipinski definition) is 0. The lowest BCUT2D eigenvalue weighted by Crippen LogP contribution is -1.97. The molecule has 4 aromatic heterocycles. The van der Waals surface area contributed by atoms with Crippen molar-refractivity contribution < 1.29 is 0 Å². The number of nitrogens with zero attached hydrogens (tertiary/aromatic N) is 3. The van der Waals surface area contributed by atoms with Crippen LogP contribution < -0.4 is 0 Å². The van der Waals surface area contributed by atoms with Crippen molar-refractivity contribution in [2.75, 3.05) is 0 Å². The Balaban J connectivity index is 1.14. The van der Waals surface area contributed by atoms with Crippen molar-refractivity contribution in [1.82, 2.24) is 14.1 Å². The average Bonchev–Trinajstić information content (AvgIpc) is 3.75. The Labute approximate surface area is 262 Å². The van der Waals surface area contributed by atoms with Crippen molar-refractivity contribution in [3.05, 3.63) is 152 Å². The third kappa shape index (κ3) is 3.60. The van der Waals surface area contributed by atoms with Gasteiger partial charge in [-0.05, 0) is 66.7 Å². The second kappa shape index (κ2) is 9.39. The fourth-order valence-electron chi connectivity index (χ4n) is 7.10. The maximum Gasteiger partial charge on any atom is 0.146 e. The van der Waals surface area contributed by atoms with Crippen LogP contribution in [0.25, 0.3) is 86.5 Å². The highest BCUT2D eigenvalue weighted by atomic mass is 32.1. The highest BCUT2D eigenvalue weighted by molar-refractivity contribution is 7.25. The largest absolute Gasteiger partial charge is 0.309 e. The average molecular weight is 592 g/mol. The molecule has 0 saturated heterocycles. The Bertz CT molecular complexity index is 2710. The monoisotopic (exact) mass is 591 g/mol. The van der Waals surface area contributed by atoms with Gasteiger partial charge < -0.3 is 4.57 Å². The lowest BCUT2D eigenvalue weighted by molar-refractivity contribution is 1.14. The number of pyridine rings is 1. The Kier molecular flexibility index (Phi) is 5.16. The van der Waals surface area contributed by atoms with Gasteiger partial charge in [0.1, 0.15) is 5.65 Å². The van der Waals surface area contributed by atoms with Crippen LogP contribution in [0.15, 0.2) is 152 Å². The van der Waals surface area contributed by atoms with E-state index in [2.05, 4.69) is 161 Å². The van der Waals surface area contributed by atoms with Crippen LogP contribution in [-0.4, -0.2) is 14.1 Å². The van der Waals surface area contributed by atoms with Gasteiger partial charge in [-0.25, -0.2) is 4.98 Å². The Hall–Kier alpha value is -5.71. The van der Waals surface area contributed by atoms with Crippen LogP contribution in [0.5, 0.6) is 0 Å². The lowest BCUT2D eigenvalue weighted by Gasteiger charge is -2.10. The molecule has 0 fully saturated rings. The number of benzene rings is 6. The van der Waals surface area contributed by atoms with Crippen LogP contribution in [-0.2, 0) is 0 Å². The van der Waals surface area contributed by atoms with E-state index in [-0.39, 0.29) is 0 Å². The molecule has 0 N–H and O–H groups in total. The molecule has 0 unspecified atom stereocenters. The van der Waals surface area contributed by atoms with Crippen LogP contribution in [0, 0.1) is 0 Å². The summed E-state index contributed by atoms with van der Waals surface area (Å²) in [5.41, 5.74) is 8.89. The van der Waals surface area contributed by atoms with Crippen molar-refractivity contribution >= 4 is 75.3 Å². The summed E-state index contributed by atoms with van der Waals surface area (Å²) in [6.07, 6.45) is 0. The number of para-hydroxylation sites is 3. The summed E-state index contributed by atoms with van der Waals surface area (Å²) in [5.74, 6) is 0. The second-order valence-corrected chi connectivity index (χ2v) is 12.7. The van der Waals surface area contributed by atoms with E-state index in [4.69, 9.17) is 4.98 Å². The van der Waals surface area contributed by atoms with Crippen LogP contribution in [0.1, 0.15) is 0 Å². The van der Waals surface area contributed by atoms with Crippen LogP contribution in [0.3, 0.4) is 0 Å². The van der Waals surface area contributed by atoms with Crippen molar-refractivity contribution in [2.45, 2.75) is 0 Å². The summed E-state index contributed by atoms with van der Waals surface area (Å²) in [5, 5.41) is 7.50. The number of thiophene rings is 1. The molecule has 10 rings (SSSR count). The first-order chi connectivity index (χ1) is 22.3. The highest BCUT2D eigenvalue weighted by Gasteiger charge is 2.17. The first-order valence-electron chi connectivity index (χ1n) is 15.2. The van der Waals surface area contributed by atoms with Gasteiger partial charge >= 0.3 is 0 Å². The molecule has 4 heterocycles. The number of fused-ring (bicyclic) bond motifs is 9. The maximum absolute atomic E-state index is 5.34. The number of aromatic nitrogens is 3. The SMILES string of the molecule is c1ccc2c(c1)sc1ccc(-n3c4ccccc4c4ccc(-c5ccc(-n6c7ccccc7c7ccccc76)cc5)nc43)cc12. The standard InChI is InChI=1S/C41H25N3S/c1-5-13-36-29(9-1)30-10-2-6-14-37(30)43(36)27-19-17-26(18-20-27)35-23-22-33-31-11-3-7-15-38(31)44(41(33)42-35)28-21-24-40-34(25-28)32-12-4-8-16-39(32)45-40/h1-25H. The van der Waals surface area contributed by atoms with Crippen LogP contribution >= 0.6 is 11.3 Å². The molecule has 45 heavy (non-hydrogen) atoms. The van der Waals surface area contributed by atoms with E-state index in [0.717, 1.165) is 39.2 Å². The quantitative estimate of drug-likeness (QED) is 0.200. The lowest BCUT2D eigenvalue weighted by atomic mass is 10.1. The predicted molar refractivity (Wildman–Crippen MR) is 191 cm³/mol. The van der Waals surface area contributed by atoms with Crippen molar-refractivity contribution in [3.8, 4) is 22.6 Å². The topological polar surface area (TPSA) is 22.8 Å². The highest BCUT2D eigenvalue weighted by Crippen LogP contribution is 2.38. The summed E-state index contributed by atoms with van der Waals surface area (Å²) >= 11 is 1.85. The minimum Gasteiger partial charge on any atom is -0.309 e. The molecule has 210 valence electrons. The summed E-state index contributed by atoms with van der Waals surface area (Å²) in [7, 11) is 0. The van der Waals surface area contributed by atoms with Gasteiger partial charge in [0, 0.05) is 58.7 Å². The van der Waals surface area contributed by atoms with Gasteiger partial charge in [0.05, 0.1) is 22.2 Å². The number of hydrogen-bond acceptors (Lipinski definition) is 2. The first-order valence-corrected chi connectivity index (χ1v) is 16.0. The molecule has 4 heteroatoms. The van der Waals surface area contributed by atoms with Gasteiger partial charge in [-0.1, -0.05) is 84.9 Å². The fourth-order valence-corrected chi connectivity index (χ4v) is 8.18. The predicted octanol–water partition coefficient (Wildman–Crippen LogP) is 11.3. The molecule has 0 atom stereocenters. The summed E-state index contributed by atoms with van der Waals surface area (Å²) in [4.78, 5) is 5.34. The van der Waals surface area contributed by atoms with Gasteiger partial charge in [0.2, 0.25) is 0 Å². The van der Waals surface area contributed by atoms with Gasteiger partial charge in [-0.2, -0.15) is 0 Å². The van der Waals surface area contributed by atoms with Crippen molar-refractivity contribution in [2.24, 2.45) is 0 Å². The fraction of sp³-hybridized carbons (Fsp3) is 0. The van der Waals surface area contributed by atoms with E-state index in [1.54, 1.807) is 0 Å². The minimum atomic E-state index is 0.961. The van der Waals surface area contributed by atoms with E-state index in [1.807, 2.05) is 11.3 Å². The Morgan fingerprint density at radius 2 is 0.956 bits per heavy atom. The van der Waals surface area contributed by atoms with Gasteiger partial charge in [0.25, 0.3) is 0 Å². The minimum absolute atomic E-state index is 0.961. The first kappa shape index (κ1) is 24.7. The van der Waals surface area contributed by atoms with Gasteiger partial charge in [-0.15, -0.1) is 11.3 Å². The third-order valence-electron chi connectivity index (χ3n) is 9.14. The second-order valence-electron chi connectivity index (χ2n) is 11.6. The zero-order valence-electron chi connectivity index (χ0n) is 24.2.